The first-order chi connectivity index (χ1) is 12.6. The third-order valence-electron chi connectivity index (χ3n) is 3.41. The summed E-state index contributed by atoms with van der Waals surface area (Å²) in [6.07, 6.45) is 1.35. The van der Waals surface area contributed by atoms with E-state index < -0.39 is 5.97 Å². The first kappa shape index (κ1) is 17.7. The number of oxime groups is 1. The molecule has 26 heavy (non-hydrogen) atoms. The van der Waals surface area contributed by atoms with Crippen molar-refractivity contribution in [2.75, 3.05) is 0 Å². The minimum absolute atomic E-state index is 0.0243. The van der Waals surface area contributed by atoms with Gasteiger partial charge in [-0.05, 0) is 55.5 Å². The standard InChI is InChI=1S/C20H15NO4S/c1-14(21-25-20(23)18-8-5-13-24-18)19(22)15-9-11-17(12-10-15)26-16-6-3-2-4-7-16/h2-13H,1H3/b21-14+. The van der Waals surface area contributed by atoms with Gasteiger partial charge in [-0.2, -0.15) is 0 Å². The van der Waals surface area contributed by atoms with Crippen molar-refractivity contribution < 1.29 is 18.8 Å². The van der Waals surface area contributed by atoms with Crippen LogP contribution in [0.1, 0.15) is 27.8 Å². The second kappa shape index (κ2) is 8.31. The van der Waals surface area contributed by atoms with Crippen LogP contribution in [0.25, 0.3) is 0 Å². The highest BCUT2D eigenvalue weighted by Gasteiger charge is 2.14. The van der Waals surface area contributed by atoms with Crippen LogP contribution in [0.5, 0.6) is 0 Å². The molecule has 0 aliphatic rings. The summed E-state index contributed by atoms with van der Waals surface area (Å²) in [5.41, 5.74) is 0.547. The number of ketones is 1. The number of Topliss-reactive ketones (excluding diaryl/α,β-unsaturated/α-hetero) is 1. The molecule has 1 aromatic heterocycles. The van der Waals surface area contributed by atoms with E-state index in [0.29, 0.717) is 5.56 Å². The maximum absolute atomic E-state index is 12.4. The molecule has 0 aliphatic carbocycles. The molecule has 0 radical (unpaired) electrons. The van der Waals surface area contributed by atoms with Crippen LogP contribution in [0.2, 0.25) is 0 Å². The molecule has 0 fully saturated rings. The van der Waals surface area contributed by atoms with E-state index in [9.17, 15) is 9.59 Å². The van der Waals surface area contributed by atoms with E-state index in [1.807, 2.05) is 42.5 Å². The van der Waals surface area contributed by atoms with Crippen LogP contribution in [0.15, 0.2) is 92.4 Å². The van der Waals surface area contributed by atoms with Gasteiger partial charge in [0, 0.05) is 15.4 Å². The van der Waals surface area contributed by atoms with Gasteiger partial charge in [0.15, 0.2) is 0 Å². The van der Waals surface area contributed by atoms with Crippen LogP contribution in [0, 0.1) is 0 Å². The molecule has 0 unspecified atom stereocenters. The highest BCUT2D eigenvalue weighted by molar-refractivity contribution is 7.99. The largest absolute Gasteiger partial charge is 0.457 e. The van der Waals surface area contributed by atoms with Crippen LogP contribution in [-0.4, -0.2) is 17.5 Å². The fourth-order valence-corrected chi connectivity index (χ4v) is 2.94. The number of carbonyl (C=O) groups excluding carboxylic acids is 2. The Labute approximate surface area is 154 Å². The van der Waals surface area contributed by atoms with Crippen LogP contribution in [0.4, 0.5) is 0 Å². The van der Waals surface area contributed by atoms with Crippen molar-refractivity contribution in [2.24, 2.45) is 5.16 Å². The lowest BCUT2D eigenvalue weighted by Crippen LogP contribution is -2.12. The zero-order valence-corrected chi connectivity index (χ0v) is 14.7. The first-order valence-corrected chi connectivity index (χ1v) is 8.62. The molecule has 5 nitrogen and oxygen atoms in total. The lowest BCUT2D eigenvalue weighted by molar-refractivity contribution is 0.0479. The van der Waals surface area contributed by atoms with E-state index in [2.05, 4.69) is 5.16 Å². The molecule has 3 rings (SSSR count). The maximum Gasteiger partial charge on any atom is 0.400 e. The average Bonchev–Trinajstić information content (AvgIpc) is 3.21. The normalized spacial score (nSPS) is 11.2. The third-order valence-corrected chi connectivity index (χ3v) is 4.43. The molecule has 130 valence electrons. The molecule has 0 saturated heterocycles. The Morgan fingerprint density at radius 2 is 1.62 bits per heavy atom. The summed E-state index contributed by atoms with van der Waals surface area (Å²) >= 11 is 1.61. The van der Waals surface area contributed by atoms with Crippen LogP contribution >= 0.6 is 11.8 Å². The molecule has 3 aromatic rings. The summed E-state index contributed by atoms with van der Waals surface area (Å²) in [7, 11) is 0. The van der Waals surface area contributed by atoms with E-state index in [-0.39, 0.29) is 17.3 Å². The summed E-state index contributed by atoms with van der Waals surface area (Å²) in [4.78, 5) is 30.9. The fourth-order valence-electron chi connectivity index (χ4n) is 2.10. The lowest BCUT2D eigenvalue weighted by Gasteiger charge is -2.04. The number of hydrogen-bond acceptors (Lipinski definition) is 6. The van der Waals surface area contributed by atoms with E-state index in [1.54, 1.807) is 30.0 Å². The van der Waals surface area contributed by atoms with Gasteiger partial charge >= 0.3 is 5.97 Å². The number of furan rings is 1. The molecular formula is C20H15NO4S. The fraction of sp³-hybridized carbons (Fsp3) is 0.0500. The van der Waals surface area contributed by atoms with Gasteiger partial charge < -0.3 is 9.25 Å². The zero-order valence-electron chi connectivity index (χ0n) is 13.9. The van der Waals surface area contributed by atoms with Crippen molar-refractivity contribution >= 4 is 29.2 Å². The topological polar surface area (TPSA) is 68.9 Å². The predicted molar refractivity (Wildman–Crippen MR) is 98.6 cm³/mol. The Morgan fingerprint density at radius 1 is 0.923 bits per heavy atom. The van der Waals surface area contributed by atoms with Gasteiger partial charge in [-0.1, -0.05) is 35.1 Å². The Kier molecular flexibility index (Phi) is 5.66. The van der Waals surface area contributed by atoms with Crippen LogP contribution in [-0.2, 0) is 4.84 Å². The molecule has 0 amide bonds. The van der Waals surface area contributed by atoms with Crippen molar-refractivity contribution in [1.29, 1.82) is 0 Å². The number of rotatable bonds is 6. The van der Waals surface area contributed by atoms with Gasteiger partial charge in [0.1, 0.15) is 5.71 Å². The predicted octanol–water partition coefficient (Wildman–Crippen LogP) is 4.85. The van der Waals surface area contributed by atoms with Gasteiger partial charge in [-0.25, -0.2) is 4.79 Å². The molecule has 6 heteroatoms. The monoisotopic (exact) mass is 365 g/mol. The molecule has 0 N–H and O–H groups in total. The van der Waals surface area contributed by atoms with Crippen LogP contribution < -0.4 is 0 Å². The lowest BCUT2D eigenvalue weighted by atomic mass is 10.1. The molecule has 0 atom stereocenters. The van der Waals surface area contributed by atoms with E-state index in [4.69, 9.17) is 9.25 Å². The second-order valence-electron chi connectivity index (χ2n) is 5.30. The summed E-state index contributed by atoms with van der Waals surface area (Å²) in [6.45, 7) is 1.49. The quantitative estimate of drug-likeness (QED) is 0.270. The number of hydrogen-bond donors (Lipinski definition) is 0. The molecule has 0 aliphatic heterocycles. The van der Waals surface area contributed by atoms with E-state index in [1.165, 1.54) is 19.3 Å². The Balaban J connectivity index is 1.63. The SMILES string of the molecule is C/C(=N\OC(=O)c1ccco1)C(=O)c1ccc(Sc2ccccc2)cc1. The van der Waals surface area contributed by atoms with Crippen molar-refractivity contribution in [1.82, 2.24) is 0 Å². The molecule has 0 saturated carbocycles. The highest BCUT2D eigenvalue weighted by atomic mass is 32.2. The second-order valence-corrected chi connectivity index (χ2v) is 6.45. The maximum atomic E-state index is 12.4. The summed E-state index contributed by atoms with van der Waals surface area (Å²) < 4.78 is 4.90. The van der Waals surface area contributed by atoms with E-state index in [0.717, 1.165) is 9.79 Å². The molecule has 0 bridgehead atoms. The molecule has 2 aromatic carbocycles. The van der Waals surface area contributed by atoms with Gasteiger partial charge in [0.2, 0.25) is 11.5 Å². The van der Waals surface area contributed by atoms with E-state index >= 15 is 0 Å². The van der Waals surface area contributed by atoms with Gasteiger partial charge in [0.05, 0.1) is 6.26 Å². The van der Waals surface area contributed by atoms with Gasteiger partial charge in [0.25, 0.3) is 0 Å². The van der Waals surface area contributed by atoms with Crippen molar-refractivity contribution in [3.05, 3.63) is 84.3 Å². The highest BCUT2D eigenvalue weighted by Crippen LogP contribution is 2.27. The van der Waals surface area contributed by atoms with Crippen molar-refractivity contribution in [3.8, 4) is 0 Å². The Hall–Kier alpha value is -3.12. The molecule has 0 spiro atoms. The minimum atomic E-state index is -0.753. The van der Waals surface area contributed by atoms with Gasteiger partial charge in [-0.3, -0.25) is 4.79 Å². The Bertz CT molecular complexity index is 916. The Morgan fingerprint density at radius 3 is 2.27 bits per heavy atom. The average molecular weight is 365 g/mol. The van der Waals surface area contributed by atoms with Crippen molar-refractivity contribution in [2.45, 2.75) is 16.7 Å². The summed E-state index contributed by atoms with van der Waals surface area (Å²) in [5, 5.41) is 3.60. The molecular weight excluding hydrogens is 350 g/mol. The summed E-state index contributed by atoms with van der Waals surface area (Å²) in [6, 6.07) is 20.2. The minimum Gasteiger partial charge on any atom is -0.457 e. The first-order valence-electron chi connectivity index (χ1n) is 7.80. The van der Waals surface area contributed by atoms with Gasteiger partial charge in [-0.15, -0.1) is 0 Å². The van der Waals surface area contributed by atoms with Crippen molar-refractivity contribution in [3.63, 3.8) is 0 Å². The number of benzene rings is 2. The van der Waals surface area contributed by atoms with Crippen LogP contribution in [0.3, 0.4) is 0 Å². The third kappa shape index (κ3) is 4.49. The number of carbonyl (C=O) groups is 2. The zero-order chi connectivity index (χ0) is 18.4. The summed E-state index contributed by atoms with van der Waals surface area (Å²) in [5.74, 6) is -1.04. The smallest absolute Gasteiger partial charge is 0.400 e. The molecule has 1 heterocycles. The number of nitrogens with zero attached hydrogens (tertiary/aromatic N) is 1.